The number of amides is 1. The van der Waals surface area contributed by atoms with Crippen molar-refractivity contribution in [3.05, 3.63) is 71.2 Å². The van der Waals surface area contributed by atoms with E-state index in [0.29, 0.717) is 10.6 Å². The topological polar surface area (TPSA) is 68.3 Å². The Bertz CT molecular complexity index is 937. The molecule has 1 atom stereocenters. The Morgan fingerprint density at radius 1 is 1.12 bits per heavy atom. The first-order chi connectivity index (χ1) is 12.2. The lowest BCUT2D eigenvalue weighted by atomic mass is 10.0. The molecule has 0 aliphatic carbocycles. The minimum Gasteiger partial charge on any atom is -0.453 e. The SMILES string of the molecule is O=C(CC1OC(=O)c2ccccc21)Nc1scnc1-c1ccccc1. The lowest BCUT2D eigenvalue weighted by molar-refractivity contribution is -0.118. The number of hydrogen-bond acceptors (Lipinski definition) is 5. The van der Waals surface area contributed by atoms with Gasteiger partial charge in [0.15, 0.2) is 0 Å². The zero-order valence-electron chi connectivity index (χ0n) is 13.1. The average molecular weight is 350 g/mol. The molecule has 0 saturated heterocycles. The lowest BCUT2D eigenvalue weighted by Crippen LogP contribution is -2.15. The highest BCUT2D eigenvalue weighted by atomic mass is 32.1. The maximum atomic E-state index is 12.4. The molecule has 3 aromatic rings. The molecule has 124 valence electrons. The molecule has 0 fully saturated rings. The van der Waals surface area contributed by atoms with Crippen LogP contribution in [-0.4, -0.2) is 16.9 Å². The van der Waals surface area contributed by atoms with Crippen molar-refractivity contribution in [3.8, 4) is 11.3 Å². The van der Waals surface area contributed by atoms with Crippen LogP contribution in [0.25, 0.3) is 11.3 Å². The monoisotopic (exact) mass is 350 g/mol. The maximum Gasteiger partial charge on any atom is 0.339 e. The number of carbonyl (C=O) groups excluding carboxylic acids is 2. The third-order valence-corrected chi connectivity index (χ3v) is 4.76. The highest BCUT2D eigenvalue weighted by Crippen LogP contribution is 2.34. The van der Waals surface area contributed by atoms with Gasteiger partial charge in [-0.2, -0.15) is 0 Å². The van der Waals surface area contributed by atoms with Crippen molar-refractivity contribution in [2.75, 3.05) is 5.32 Å². The number of nitrogens with zero attached hydrogens (tertiary/aromatic N) is 1. The molecule has 5 nitrogen and oxygen atoms in total. The van der Waals surface area contributed by atoms with Gasteiger partial charge in [-0.05, 0) is 6.07 Å². The Labute approximate surface area is 148 Å². The summed E-state index contributed by atoms with van der Waals surface area (Å²) >= 11 is 1.37. The maximum absolute atomic E-state index is 12.4. The van der Waals surface area contributed by atoms with E-state index >= 15 is 0 Å². The summed E-state index contributed by atoms with van der Waals surface area (Å²) in [7, 11) is 0. The predicted octanol–water partition coefficient (Wildman–Crippen LogP) is 4.05. The molecule has 25 heavy (non-hydrogen) atoms. The Balaban J connectivity index is 1.50. The number of fused-ring (bicyclic) bond motifs is 1. The molecule has 0 saturated carbocycles. The Kier molecular flexibility index (Phi) is 4.03. The zero-order valence-corrected chi connectivity index (χ0v) is 14.0. The molecule has 4 rings (SSSR count). The van der Waals surface area contributed by atoms with Crippen LogP contribution < -0.4 is 5.32 Å². The van der Waals surface area contributed by atoms with Crippen LogP contribution in [0.15, 0.2) is 60.1 Å². The zero-order chi connectivity index (χ0) is 17.2. The van der Waals surface area contributed by atoms with E-state index in [9.17, 15) is 9.59 Å². The number of nitrogens with one attached hydrogen (secondary N) is 1. The number of anilines is 1. The number of hydrogen-bond donors (Lipinski definition) is 1. The summed E-state index contributed by atoms with van der Waals surface area (Å²) < 4.78 is 5.32. The van der Waals surface area contributed by atoms with Crippen LogP contribution in [0.2, 0.25) is 0 Å². The molecule has 1 aromatic heterocycles. The van der Waals surface area contributed by atoms with Crippen LogP contribution in [0.1, 0.15) is 28.4 Å². The fourth-order valence-electron chi connectivity index (χ4n) is 2.85. The standard InChI is InChI=1S/C19H14N2O3S/c22-16(10-15-13-8-4-5-9-14(13)19(23)24-15)21-18-17(20-11-25-18)12-6-2-1-3-7-12/h1-9,11,15H,10H2,(H,21,22). The summed E-state index contributed by atoms with van der Waals surface area (Å²) in [5.41, 5.74) is 4.67. The van der Waals surface area contributed by atoms with Gasteiger partial charge < -0.3 is 10.1 Å². The average Bonchev–Trinajstić information content (AvgIpc) is 3.21. The van der Waals surface area contributed by atoms with E-state index in [1.165, 1.54) is 11.3 Å². The van der Waals surface area contributed by atoms with Crippen molar-refractivity contribution in [2.24, 2.45) is 0 Å². The van der Waals surface area contributed by atoms with Crippen LogP contribution in [0, 0.1) is 0 Å². The van der Waals surface area contributed by atoms with E-state index in [4.69, 9.17) is 4.74 Å². The minimum atomic E-state index is -0.545. The van der Waals surface area contributed by atoms with Gasteiger partial charge in [-0.3, -0.25) is 4.79 Å². The third kappa shape index (κ3) is 3.04. The molecule has 2 aromatic carbocycles. The Hall–Kier alpha value is -2.99. The van der Waals surface area contributed by atoms with Gasteiger partial charge >= 0.3 is 5.97 Å². The van der Waals surface area contributed by atoms with Crippen molar-refractivity contribution in [1.29, 1.82) is 0 Å². The van der Waals surface area contributed by atoms with Crippen LogP contribution in [0.3, 0.4) is 0 Å². The van der Waals surface area contributed by atoms with Gasteiger partial charge in [0.25, 0.3) is 0 Å². The predicted molar refractivity (Wildman–Crippen MR) is 95.4 cm³/mol. The van der Waals surface area contributed by atoms with Crippen LogP contribution in [-0.2, 0) is 9.53 Å². The van der Waals surface area contributed by atoms with Crippen molar-refractivity contribution < 1.29 is 14.3 Å². The normalized spacial score (nSPS) is 15.5. The first-order valence-electron chi connectivity index (χ1n) is 7.81. The summed E-state index contributed by atoms with van der Waals surface area (Å²) in [5.74, 6) is -0.591. The van der Waals surface area contributed by atoms with E-state index in [1.807, 2.05) is 42.5 Å². The lowest BCUT2D eigenvalue weighted by Gasteiger charge is -2.11. The van der Waals surface area contributed by atoms with Crippen LogP contribution >= 0.6 is 11.3 Å². The van der Waals surface area contributed by atoms with Gasteiger partial charge in [0.1, 0.15) is 16.8 Å². The largest absolute Gasteiger partial charge is 0.453 e. The van der Waals surface area contributed by atoms with Gasteiger partial charge in [0.2, 0.25) is 5.91 Å². The number of ether oxygens (including phenoxy) is 1. The smallest absolute Gasteiger partial charge is 0.339 e. The van der Waals surface area contributed by atoms with E-state index in [1.54, 1.807) is 17.6 Å². The second-order valence-electron chi connectivity index (χ2n) is 5.63. The summed E-state index contributed by atoms with van der Waals surface area (Å²) in [5, 5.41) is 3.58. The summed E-state index contributed by atoms with van der Waals surface area (Å²) in [6.07, 6.45) is -0.466. The van der Waals surface area contributed by atoms with E-state index < -0.39 is 6.10 Å². The first kappa shape index (κ1) is 15.5. The van der Waals surface area contributed by atoms with Gasteiger partial charge in [0, 0.05) is 11.1 Å². The highest BCUT2D eigenvalue weighted by molar-refractivity contribution is 7.14. The quantitative estimate of drug-likeness (QED) is 0.721. The second kappa shape index (κ2) is 6.49. The van der Waals surface area contributed by atoms with E-state index in [2.05, 4.69) is 10.3 Å². The molecule has 0 spiro atoms. The van der Waals surface area contributed by atoms with E-state index in [0.717, 1.165) is 16.8 Å². The van der Waals surface area contributed by atoms with Gasteiger partial charge in [-0.25, -0.2) is 9.78 Å². The molecule has 1 amide bonds. The number of benzene rings is 2. The molecule has 1 aliphatic heterocycles. The molecular formula is C19H14N2O3S. The number of carbonyl (C=O) groups is 2. The Morgan fingerprint density at radius 3 is 2.72 bits per heavy atom. The highest BCUT2D eigenvalue weighted by Gasteiger charge is 2.32. The van der Waals surface area contributed by atoms with Crippen LogP contribution in [0.4, 0.5) is 5.00 Å². The fourth-order valence-corrected chi connectivity index (χ4v) is 3.57. The number of esters is 1. The number of cyclic esters (lactones) is 1. The summed E-state index contributed by atoms with van der Waals surface area (Å²) in [6.45, 7) is 0. The van der Waals surface area contributed by atoms with Crippen molar-refractivity contribution in [1.82, 2.24) is 4.98 Å². The second-order valence-corrected chi connectivity index (χ2v) is 6.48. The molecule has 1 aliphatic rings. The molecule has 1 unspecified atom stereocenters. The molecular weight excluding hydrogens is 336 g/mol. The van der Waals surface area contributed by atoms with Crippen molar-refractivity contribution >= 4 is 28.2 Å². The van der Waals surface area contributed by atoms with Gasteiger partial charge in [-0.1, -0.05) is 48.5 Å². The van der Waals surface area contributed by atoms with Crippen molar-refractivity contribution in [2.45, 2.75) is 12.5 Å². The summed E-state index contributed by atoms with van der Waals surface area (Å²) in [6, 6.07) is 16.8. The van der Waals surface area contributed by atoms with E-state index in [-0.39, 0.29) is 18.3 Å². The Morgan fingerprint density at radius 2 is 1.88 bits per heavy atom. The molecule has 2 heterocycles. The number of aromatic nitrogens is 1. The first-order valence-corrected chi connectivity index (χ1v) is 8.69. The van der Waals surface area contributed by atoms with Gasteiger partial charge in [-0.15, -0.1) is 11.3 Å². The molecule has 1 N–H and O–H groups in total. The third-order valence-electron chi connectivity index (χ3n) is 4.02. The molecule has 6 heteroatoms. The van der Waals surface area contributed by atoms with Gasteiger partial charge in [0.05, 0.1) is 17.5 Å². The van der Waals surface area contributed by atoms with Crippen molar-refractivity contribution in [3.63, 3.8) is 0 Å². The number of thiazole rings is 1. The fraction of sp³-hybridized carbons (Fsp3) is 0.105. The minimum absolute atomic E-state index is 0.0783. The molecule has 0 bridgehead atoms. The van der Waals surface area contributed by atoms with Crippen LogP contribution in [0.5, 0.6) is 0 Å². The number of rotatable bonds is 4. The molecule has 0 radical (unpaired) electrons. The summed E-state index contributed by atoms with van der Waals surface area (Å²) in [4.78, 5) is 28.6.